The van der Waals surface area contributed by atoms with E-state index in [1.807, 2.05) is 18.2 Å². The average molecular weight is 271 g/mol. The minimum Gasteiger partial charge on any atom is -0.508 e. The van der Waals surface area contributed by atoms with E-state index in [0.717, 1.165) is 5.56 Å². The van der Waals surface area contributed by atoms with Gasteiger partial charge >= 0.3 is 0 Å². The molecule has 104 valence electrons. The van der Waals surface area contributed by atoms with Gasteiger partial charge in [0.05, 0.1) is 6.61 Å². The van der Waals surface area contributed by atoms with Crippen LogP contribution in [0, 0.1) is 0 Å². The zero-order valence-corrected chi connectivity index (χ0v) is 11.3. The van der Waals surface area contributed by atoms with Gasteiger partial charge in [0.2, 0.25) is 0 Å². The van der Waals surface area contributed by atoms with E-state index in [1.165, 1.54) is 0 Å². The molecule has 2 rings (SSSR count). The molecule has 4 heteroatoms. The van der Waals surface area contributed by atoms with Crippen molar-refractivity contribution in [3.05, 3.63) is 65.2 Å². The molecule has 0 spiro atoms. The monoisotopic (exact) mass is 271 g/mol. The van der Waals surface area contributed by atoms with Gasteiger partial charge in [0.25, 0.3) is 5.91 Å². The van der Waals surface area contributed by atoms with Gasteiger partial charge in [-0.1, -0.05) is 30.3 Å². The average Bonchev–Trinajstić information content (AvgIpc) is 2.47. The Balaban J connectivity index is 1.96. The number of methoxy groups -OCH3 is 1. The molecule has 0 heterocycles. The van der Waals surface area contributed by atoms with Crippen molar-refractivity contribution < 1.29 is 14.6 Å². The molecule has 20 heavy (non-hydrogen) atoms. The lowest BCUT2D eigenvalue weighted by molar-refractivity contribution is 0.0950. The minimum absolute atomic E-state index is 0.169. The molecule has 2 N–H and O–H groups in total. The highest BCUT2D eigenvalue weighted by molar-refractivity contribution is 5.94. The molecule has 0 saturated carbocycles. The standard InChI is InChI=1S/C16H17NO3/c1-20-11-12-6-8-13(9-7-12)16(19)17-10-14-4-2-3-5-15(14)18/h2-9,18H,10-11H2,1H3,(H,17,19). The Hall–Kier alpha value is -2.33. The molecule has 0 fully saturated rings. The number of carbonyl (C=O) groups is 1. The molecule has 4 nitrogen and oxygen atoms in total. The van der Waals surface area contributed by atoms with E-state index in [-0.39, 0.29) is 11.7 Å². The fourth-order valence-electron chi connectivity index (χ4n) is 1.86. The van der Waals surface area contributed by atoms with E-state index in [9.17, 15) is 9.90 Å². The summed E-state index contributed by atoms with van der Waals surface area (Å²) in [6.07, 6.45) is 0. The first kappa shape index (κ1) is 14.1. The number of rotatable bonds is 5. The molecule has 0 aliphatic heterocycles. The van der Waals surface area contributed by atoms with Crippen LogP contribution in [0.4, 0.5) is 0 Å². The zero-order valence-electron chi connectivity index (χ0n) is 11.3. The molecular formula is C16H17NO3. The molecule has 2 aromatic rings. The SMILES string of the molecule is COCc1ccc(C(=O)NCc2ccccc2O)cc1. The summed E-state index contributed by atoms with van der Waals surface area (Å²) in [6.45, 7) is 0.825. The highest BCUT2D eigenvalue weighted by Crippen LogP contribution is 2.15. The highest BCUT2D eigenvalue weighted by Gasteiger charge is 2.06. The number of phenolic OH excluding ortho intramolecular Hbond substituents is 1. The van der Waals surface area contributed by atoms with E-state index < -0.39 is 0 Å². The van der Waals surface area contributed by atoms with Crippen LogP contribution >= 0.6 is 0 Å². The molecule has 0 aliphatic carbocycles. The summed E-state index contributed by atoms with van der Waals surface area (Å²) in [6, 6.07) is 14.2. The second-order valence-corrected chi connectivity index (χ2v) is 4.44. The number of hydrogen-bond acceptors (Lipinski definition) is 3. The molecule has 0 saturated heterocycles. The number of phenols is 1. The van der Waals surface area contributed by atoms with Gasteiger partial charge in [0.15, 0.2) is 0 Å². The van der Waals surface area contributed by atoms with Crippen LogP contribution in [0.25, 0.3) is 0 Å². The van der Waals surface area contributed by atoms with Crippen molar-refractivity contribution >= 4 is 5.91 Å². The predicted octanol–water partition coefficient (Wildman–Crippen LogP) is 2.47. The van der Waals surface area contributed by atoms with Crippen molar-refractivity contribution in [1.82, 2.24) is 5.32 Å². The Kier molecular flexibility index (Phi) is 4.74. The number of ether oxygens (including phenoxy) is 1. The number of aromatic hydroxyl groups is 1. The molecule has 0 aromatic heterocycles. The minimum atomic E-state index is -0.169. The first-order chi connectivity index (χ1) is 9.70. The van der Waals surface area contributed by atoms with E-state index >= 15 is 0 Å². The predicted molar refractivity (Wildman–Crippen MR) is 76.4 cm³/mol. The molecule has 0 radical (unpaired) electrons. The lowest BCUT2D eigenvalue weighted by atomic mass is 10.1. The van der Waals surface area contributed by atoms with Gasteiger partial charge in [-0.25, -0.2) is 0 Å². The van der Waals surface area contributed by atoms with E-state index in [0.29, 0.717) is 24.3 Å². The van der Waals surface area contributed by atoms with Crippen molar-refractivity contribution in [2.24, 2.45) is 0 Å². The quantitative estimate of drug-likeness (QED) is 0.878. The Labute approximate surface area is 118 Å². The first-order valence-corrected chi connectivity index (χ1v) is 6.33. The number of amides is 1. The third-order valence-corrected chi connectivity index (χ3v) is 2.96. The van der Waals surface area contributed by atoms with Crippen molar-refractivity contribution in [2.75, 3.05) is 7.11 Å². The van der Waals surface area contributed by atoms with Gasteiger partial charge in [-0.3, -0.25) is 4.79 Å². The van der Waals surface area contributed by atoms with Crippen LogP contribution in [0.1, 0.15) is 21.5 Å². The lowest BCUT2D eigenvalue weighted by Gasteiger charge is -2.07. The molecule has 2 aromatic carbocycles. The maximum atomic E-state index is 12.0. The van der Waals surface area contributed by atoms with Gasteiger partial charge in [-0.2, -0.15) is 0 Å². The summed E-state index contributed by atoms with van der Waals surface area (Å²) in [5, 5.41) is 12.4. The summed E-state index contributed by atoms with van der Waals surface area (Å²) >= 11 is 0. The number of hydrogen-bond donors (Lipinski definition) is 2. The second-order valence-electron chi connectivity index (χ2n) is 4.44. The molecule has 0 aliphatic rings. The summed E-state index contributed by atoms with van der Waals surface area (Å²) in [5.41, 5.74) is 2.29. The number of nitrogens with one attached hydrogen (secondary N) is 1. The molecule has 0 unspecified atom stereocenters. The molecule has 0 atom stereocenters. The molecule has 0 bridgehead atoms. The molecule has 1 amide bonds. The summed E-state index contributed by atoms with van der Waals surface area (Å²) in [7, 11) is 1.63. The second kappa shape index (κ2) is 6.73. The van der Waals surface area contributed by atoms with Crippen LogP contribution in [0.2, 0.25) is 0 Å². The van der Waals surface area contributed by atoms with Gasteiger partial charge < -0.3 is 15.2 Å². The normalized spacial score (nSPS) is 10.2. The third-order valence-electron chi connectivity index (χ3n) is 2.96. The Morgan fingerprint density at radius 2 is 1.85 bits per heavy atom. The summed E-state index contributed by atoms with van der Waals surface area (Å²) in [5.74, 6) is 0.0143. The van der Waals surface area contributed by atoms with Crippen LogP contribution in [0.3, 0.4) is 0 Å². The Morgan fingerprint density at radius 3 is 2.50 bits per heavy atom. The summed E-state index contributed by atoms with van der Waals surface area (Å²) in [4.78, 5) is 12.0. The largest absolute Gasteiger partial charge is 0.508 e. The van der Waals surface area contributed by atoms with Crippen LogP contribution < -0.4 is 5.32 Å². The van der Waals surface area contributed by atoms with Crippen LogP contribution in [-0.2, 0) is 17.9 Å². The third kappa shape index (κ3) is 3.59. The van der Waals surface area contributed by atoms with Crippen molar-refractivity contribution in [3.8, 4) is 5.75 Å². The maximum Gasteiger partial charge on any atom is 0.251 e. The maximum absolute atomic E-state index is 12.0. The van der Waals surface area contributed by atoms with Crippen LogP contribution in [-0.4, -0.2) is 18.1 Å². The molecular weight excluding hydrogens is 254 g/mol. The fourth-order valence-corrected chi connectivity index (χ4v) is 1.86. The number of benzene rings is 2. The van der Waals surface area contributed by atoms with E-state index in [2.05, 4.69) is 5.32 Å². The van der Waals surface area contributed by atoms with Gasteiger partial charge in [0, 0.05) is 24.8 Å². The van der Waals surface area contributed by atoms with Gasteiger partial charge in [0.1, 0.15) is 5.75 Å². The van der Waals surface area contributed by atoms with Crippen LogP contribution in [0.5, 0.6) is 5.75 Å². The fraction of sp³-hybridized carbons (Fsp3) is 0.188. The number of carbonyl (C=O) groups excluding carboxylic acids is 1. The van der Waals surface area contributed by atoms with Crippen LogP contribution in [0.15, 0.2) is 48.5 Å². The van der Waals surface area contributed by atoms with Gasteiger partial charge in [-0.05, 0) is 23.8 Å². The Morgan fingerprint density at radius 1 is 1.15 bits per heavy atom. The van der Waals surface area contributed by atoms with Crippen molar-refractivity contribution in [2.45, 2.75) is 13.2 Å². The smallest absolute Gasteiger partial charge is 0.251 e. The van der Waals surface area contributed by atoms with E-state index in [1.54, 1.807) is 37.4 Å². The van der Waals surface area contributed by atoms with Crippen molar-refractivity contribution in [3.63, 3.8) is 0 Å². The highest BCUT2D eigenvalue weighted by atomic mass is 16.5. The number of para-hydroxylation sites is 1. The van der Waals surface area contributed by atoms with E-state index in [4.69, 9.17) is 4.74 Å². The lowest BCUT2D eigenvalue weighted by Crippen LogP contribution is -2.22. The van der Waals surface area contributed by atoms with Crippen molar-refractivity contribution in [1.29, 1.82) is 0 Å². The first-order valence-electron chi connectivity index (χ1n) is 6.33. The zero-order chi connectivity index (χ0) is 14.4. The van der Waals surface area contributed by atoms with Gasteiger partial charge in [-0.15, -0.1) is 0 Å². The topological polar surface area (TPSA) is 58.6 Å². The summed E-state index contributed by atoms with van der Waals surface area (Å²) < 4.78 is 5.02. The Bertz CT molecular complexity index is 579.